The van der Waals surface area contributed by atoms with E-state index in [2.05, 4.69) is 0 Å². The standard InChI is InChI=1S/C4H6N4/c5-1-3(7)4(8)2-6/h3-4H,7-8H2. The highest BCUT2D eigenvalue weighted by Gasteiger charge is 2.08. The Kier molecular flexibility index (Phi) is 2.57. The number of nitrogens with zero attached hydrogens (tertiary/aromatic N) is 2. The summed E-state index contributed by atoms with van der Waals surface area (Å²) in [5.74, 6) is 0. The summed E-state index contributed by atoms with van der Waals surface area (Å²) in [7, 11) is 0. The van der Waals surface area contributed by atoms with E-state index >= 15 is 0 Å². The minimum atomic E-state index is -0.861. The van der Waals surface area contributed by atoms with Gasteiger partial charge >= 0.3 is 0 Å². The van der Waals surface area contributed by atoms with Gasteiger partial charge in [0.2, 0.25) is 0 Å². The maximum Gasteiger partial charge on any atom is 0.122 e. The van der Waals surface area contributed by atoms with Crippen molar-refractivity contribution in [3.63, 3.8) is 0 Å². The van der Waals surface area contributed by atoms with E-state index in [9.17, 15) is 0 Å². The Morgan fingerprint density at radius 3 is 1.38 bits per heavy atom. The Hall–Kier alpha value is -1.10. The molecule has 0 aliphatic carbocycles. The summed E-state index contributed by atoms with van der Waals surface area (Å²) in [6.45, 7) is 0. The maximum absolute atomic E-state index is 8.03. The van der Waals surface area contributed by atoms with Crippen LogP contribution in [0.15, 0.2) is 0 Å². The van der Waals surface area contributed by atoms with Gasteiger partial charge in [-0.25, -0.2) is 0 Å². The quantitative estimate of drug-likeness (QED) is 0.437. The molecule has 0 saturated heterocycles. The second-order valence-corrected chi connectivity index (χ2v) is 1.31. The molecule has 0 rings (SSSR count). The van der Waals surface area contributed by atoms with Gasteiger partial charge in [-0.15, -0.1) is 0 Å². The van der Waals surface area contributed by atoms with E-state index in [1.807, 2.05) is 0 Å². The number of hydrogen-bond donors (Lipinski definition) is 2. The van der Waals surface area contributed by atoms with Crippen molar-refractivity contribution in [2.75, 3.05) is 0 Å². The predicted octanol–water partition coefficient (Wildman–Crippen LogP) is -1.31. The van der Waals surface area contributed by atoms with Crippen LogP contribution in [-0.4, -0.2) is 12.1 Å². The highest BCUT2D eigenvalue weighted by Crippen LogP contribution is 1.78. The molecule has 0 aromatic carbocycles. The van der Waals surface area contributed by atoms with Crippen LogP contribution in [-0.2, 0) is 0 Å². The Morgan fingerprint density at radius 2 is 1.25 bits per heavy atom. The van der Waals surface area contributed by atoms with E-state index in [1.165, 1.54) is 0 Å². The number of rotatable bonds is 1. The molecule has 0 spiro atoms. The molecule has 0 aromatic heterocycles. The van der Waals surface area contributed by atoms with Crippen molar-refractivity contribution in [1.82, 2.24) is 0 Å². The van der Waals surface area contributed by atoms with Gasteiger partial charge in [0.05, 0.1) is 12.1 Å². The van der Waals surface area contributed by atoms with Crippen molar-refractivity contribution in [2.45, 2.75) is 12.1 Å². The zero-order valence-corrected chi connectivity index (χ0v) is 4.20. The third-order valence-corrected chi connectivity index (χ3v) is 0.685. The van der Waals surface area contributed by atoms with Crippen molar-refractivity contribution in [2.24, 2.45) is 11.5 Å². The van der Waals surface area contributed by atoms with Gasteiger partial charge in [-0.1, -0.05) is 0 Å². The number of nitrogens with two attached hydrogens (primary N) is 2. The van der Waals surface area contributed by atoms with Gasteiger partial charge in [-0.2, -0.15) is 10.5 Å². The lowest BCUT2D eigenvalue weighted by molar-refractivity contribution is 0.727. The molecule has 0 amide bonds. The van der Waals surface area contributed by atoms with E-state index in [1.54, 1.807) is 12.1 Å². The first-order valence-electron chi connectivity index (χ1n) is 2.02. The minimum absolute atomic E-state index is 0.861. The molecule has 0 aliphatic rings. The van der Waals surface area contributed by atoms with E-state index in [0.29, 0.717) is 0 Å². The average molecular weight is 110 g/mol. The van der Waals surface area contributed by atoms with Crippen LogP contribution in [0, 0.1) is 22.7 Å². The molecular formula is C4H6N4. The molecule has 0 bridgehead atoms. The van der Waals surface area contributed by atoms with Crippen molar-refractivity contribution in [3.8, 4) is 12.1 Å². The molecule has 42 valence electrons. The molecule has 0 radical (unpaired) electrons. The van der Waals surface area contributed by atoms with Gasteiger partial charge in [0.1, 0.15) is 12.1 Å². The van der Waals surface area contributed by atoms with Crippen LogP contribution in [0.25, 0.3) is 0 Å². The first kappa shape index (κ1) is 6.90. The molecule has 0 saturated carbocycles. The predicted molar refractivity (Wildman–Crippen MR) is 27.2 cm³/mol. The molecule has 8 heavy (non-hydrogen) atoms. The van der Waals surface area contributed by atoms with Crippen LogP contribution in [0.1, 0.15) is 0 Å². The lowest BCUT2D eigenvalue weighted by Crippen LogP contribution is -2.38. The summed E-state index contributed by atoms with van der Waals surface area (Å²) >= 11 is 0. The molecule has 0 fully saturated rings. The van der Waals surface area contributed by atoms with Gasteiger partial charge < -0.3 is 11.5 Å². The highest BCUT2D eigenvalue weighted by atomic mass is 14.8. The molecule has 4 nitrogen and oxygen atoms in total. The van der Waals surface area contributed by atoms with Crippen molar-refractivity contribution in [3.05, 3.63) is 0 Å². The first-order valence-corrected chi connectivity index (χ1v) is 2.02. The molecule has 0 aromatic rings. The zero-order valence-electron chi connectivity index (χ0n) is 4.20. The highest BCUT2D eigenvalue weighted by molar-refractivity contribution is 5.04. The summed E-state index contributed by atoms with van der Waals surface area (Å²) in [6, 6.07) is 1.57. The minimum Gasteiger partial charge on any atom is -0.314 e. The molecule has 2 atom stereocenters. The van der Waals surface area contributed by atoms with E-state index in [4.69, 9.17) is 22.0 Å². The number of nitriles is 2. The van der Waals surface area contributed by atoms with Crippen LogP contribution in [0.2, 0.25) is 0 Å². The van der Waals surface area contributed by atoms with Gasteiger partial charge in [-0.05, 0) is 0 Å². The fourth-order valence-corrected chi connectivity index (χ4v) is 0.161. The van der Waals surface area contributed by atoms with Crippen LogP contribution in [0.5, 0.6) is 0 Å². The molecule has 2 unspecified atom stereocenters. The van der Waals surface area contributed by atoms with Crippen molar-refractivity contribution < 1.29 is 0 Å². The first-order chi connectivity index (χ1) is 3.72. The van der Waals surface area contributed by atoms with Gasteiger partial charge in [-0.3, -0.25) is 0 Å². The SMILES string of the molecule is N#CC(N)C(N)C#N. The van der Waals surface area contributed by atoms with Gasteiger partial charge in [0, 0.05) is 0 Å². The maximum atomic E-state index is 8.03. The normalized spacial score (nSPS) is 15.5. The van der Waals surface area contributed by atoms with E-state index < -0.39 is 12.1 Å². The third kappa shape index (κ3) is 1.57. The summed E-state index contributed by atoms with van der Waals surface area (Å²) in [6.07, 6.45) is 0. The Morgan fingerprint density at radius 1 is 1.00 bits per heavy atom. The van der Waals surface area contributed by atoms with Gasteiger partial charge in [0.15, 0.2) is 0 Å². The van der Waals surface area contributed by atoms with E-state index in [-0.39, 0.29) is 0 Å². The molecule has 0 aliphatic heterocycles. The largest absolute Gasteiger partial charge is 0.314 e. The molecule has 0 heterocycles. The number of hydrogen-bond acceptors (Lipinski definition) is 4. The van der Waals surface area contributed by atoms with Gasteiger partial charge in [0.25, 0.3) is 0 Å². The average Bonchev–Trinajstić information content (AvgIpc) is 1.84. The Labute approximate surface area is 47.3 Å². The van der Waals surface area contributed by atoms with Crippen LogP contribution in [0.4, 0.5) is 0 Å². The summed E-state index contributed by atoms with van der Waals surface area (Å²) in [5.41, 5.74) is 10.0. The molecule has 4 heteroatoms. The Balaban J connectivity index is 3.72. The zero-order chi connectivity index (χ0) is 6.57. The fraction of sp³-hybridized carbons (Fsp3) is 0.500. The summed E-state index contributed by atoms with van der Waals surface area (Å²) in [4.78, 5) is 0. The molecular weight excluding hydrogens is 104 g/mol. The third-order valence-electron chi connectivity index (χ3n) is 0.685. The smallest absolute Gasteiger partial charge is 0.122 e. The lowest BCUT2D eigenvalue weighted by Gasteiger charge is -2.00. The molecule has 4 N–H and O–H groups in total. The summed E-state index contributed by atoms with van der Waals surface area (Å²) in [5, 5.41) is 16.1. The fourth-order valence-electron chi connectivity index (χ4n) is 0.161. The van der Waals surface area contributed by atoms with Crippen molar-refractivity contribution in [1.29, 1.82) is 10.5 Å². The lowest BCUT2D eigenvalue weighted by atomic mass is 10.2. The van der Waals surface area contributed by atoms with Crippen LogP contribution >= 0.6 is 0 Å². The topological polar surface area (TPSA) is 99.6 Å². The van der Waals surface area contributed by atoms with Crippen LogP contribution < -0.4 is 11.5 Å². The van der Waals surface area contributed by atoms with E-state index in [0.717, 1.165) is 0 Å². The second kappa shape index (κ2) is 2.98. The monoisotopic (exact) mass is 110 g/mol. The van der Waals surface area contributed by atoms with Crippen molar-refractivity contribution >= 4 is 0 Å². The van der Waals surface area contributed by atoms with Crippen LogP contribution in [0.3, 0.4) is 0 Å². The Bertz CT molecular complexity index is 121. The second-order valence-electron chi connectivity index (χ2n) is 1.31. The summed E-state index contributed by atoms with van der Waals surface area (Å²) < 4.78 is 0.